The fraction of sp³-hybridized carbons (Fsp3) is 0.500. The summed E-state index contributed by atoms with van der Waals surface area (Å²) in [5.74, 6) is -0.721. The minimum absolute atomic E-state index is 0.000166. The van der Waals surface area contributed by atoms with Gasteiger partial charge in [0.2, 0.25) is 22.4 Å². The van der Waals surface area contributed by atoms with Gasteiger partial charge in [0.25, 0.3) is 0 Å². The normalized spacial score (nSPS) is 24.1. The van der Waals surface area contributed by atoms with Crippen LogP contribution in [0.25, 0.3) is 22.3 Å². The molecular weight excluding hydrogens is 554 g/mol. The van der Waals surface area contributed by atoms with Crippen LogP contribution in [0, 0.1) is 5.92 Å². The van der Waals surface area contributed by atoms with Crippen LogP contribution in [0.3, 0.4) is 0 Å². The Balaban J connectivity index is 1.30. The number of pyridine rings is 3. The van der Waals surface area contributed by atoms with E-state index in [1.54, 1.807) is 12.3 Å². The maximum atomic E-state index is 13.4. The molecule has 0 aromatic carbocycles. The van der Waals surface area contributed by atoms with Crippen LogP contribution in [0.2, 0.25) is 0 Å². The van der Waals surface area contributed by atoms with E-state index in [9.17, 15) is 22.0 Å². The van der Waals surface area contributed by atoms with E-state index in [1.165, 1.54) is 0 Å². The maximum Gasteiger partial charge on any atom is 0.242 e. The quantitative estimate of drug-likeness (QED) is 0.448. The lowest BCUT2D eigenvalue weighted by molar-refractivity contribution is -0.121. The van der Waals surface area contributed by atoms with Crippen molar-refractivity contribution < 1.29 is 26.7 Å². The average Bonchev–Trinajstić information content (AvgIpc) is 2.91. The molecule has 0 saturated carbocycles. The minimum Gasteiger partial charge on any atom is -0.372 e. The van der Waals surface area contributed by atoms with Gasteiger partial charge in [-0.15, -0.1) is 0 Å². The molecule has 220 valence electrons. The lowest BCUT2D eigenvalue weighted by Crippen LogP contribution is -2.53. The van der Waals surface area contributed by atoms with Gasteiger partial charge in [0, 0.05) is 49.7 Å². The Morgan fingerprint density at radius 3 is 2.51 bits per heavy atom. The van der Waals surface area contributed by atoms with Crippen LogP contribution in [-0.2, 0) is 26.0 Å². The molecule has 13 heteroatoms. The number of hydrogen-bond donors (Lipinski definition) is 1. The summed E-state index contributed by atoms with van der Waals surface area (Å²) in [5.41, 5.74) is 2.49. The van der Waals surface area contributed by atoms with Crippen LogP contribution in [0.1, 0.15) is 26.0 Å². The number of hydrogen-bond acceptors (Lipinski definition) is 8. The van der Waals surface area contributed by atoms with Crippen molar-refractivity contribution in [2.45, 2.75) is 51.4 Å². The van der Waals surface area contributed by atoms with E-state index in [0.717, 1.165) is 34.9 Å². The number of anilines is 1. The number of halogens is 2. The van der Waals surface area contributed by atoms with E-state index in [-0.39, 0.29) is 38.1 Å². The number of piperidine rings is 1. The second kappa shape index (κ2) is 11.9. The van der Waals surface area contributed by atoms with E-state index < -0.39 is 34.3 Å². The van der Waals surface area contributed by atoms with Gasteiger partial charge in [-0.2, -0.15) is 4.31 Å². The van der Waals surface area contributed by atoms with Gasteiger partial charge in [-0.3, -0.25) is 9.78 Å². The summed E-state index contributed by atoms with van der Waals surface area (Å²) < 4.78 is 57.7. The zero-order chi connectivity index (χ0) is 29.3. The Morgan fingerprint density at radius 2 is 1.80 bits per heavy atom. The largest absolute Gasteiger partial charge is 0.372 e. The molecule has 0 unspecified atom stereocenters. The second-order valence-electron chi connectivity index (χ2n) is 11.0. The van der Waals surface area contributed by atoms with Crippen molar-refractivity contribution in [2.24, 2.45) is 5.92 Å². The summed E-state index contributed by atoms with van der Waals surface area (Å²) in [6.07, 6.45) is 0.0422. The second-order valence-corrected chi connectivity index (χ2v) is 12.9. The fourth-order valence-electron chi connectivity index (χ4n) is 5.50. The zero-order valence-electron chi connectivity index (χ0n) is 23.2. The van der Waals surface area contributed by atoms with Gasteiger partial charge in [-0.1, -0.05) is 6.07 Å². The van der Waals surface area contributed by atoms with Gasteiger partial charge in [-0.25, -0.2) is 27.2 Å². The lowest BCUT2D eigenvalue weighted by atomic mass is 9.96. The van der Waals surface area contributed by atoms with Crippen molar-refractivity contribution >= 4 is 32.7 Å². The van der Waals surface area contributed by atoms with Crippen molar-refractivity contribution in [3.8, 4) is 11.4 Å². The number of morpholine rings is 1. The third-order valence-electron chi connectivity index (χ3n) is 7.35. The first-order valence-electron chi connectivity index (χ1n) is 13.6. The van der Waals surface area contributed by atoms with Crippen LogP contribution in [0.15, 0.2) is 42.6 Å². The average molecular weight is 589 g/mol. The first kappa shape index (κ1) is 29.2. The Labute approximate surface area is 238 Å². The molecule has 41 heavy (non-hydrogen) atoms. The zero-order valence-corrected chi connectivity index (χ0v) is 24.0. The smallest absolute Gasteiger partial charge is 0.242 e. The highest BCUT2D eigenvalue weighted by Gasteiger charge is 2.36. The molecule has 4 atom stereocenters. The molecule has 2 fully saturated rings. The van der Waals surface area contributed by atoms with E-state index in [1.807, 2.05) is 44.2 Å². The summed E-state index contributed by atoms with van der Waals surface area (Å²) in [6.45, 7) is 5.29. The first-order chi connectivity index (χ1) is 19.4. The number of ether oxygens (including phenoxy) is 1. The topological polar surface area (TPSA) is 118 Å². The van der Waals surface area contributed by atoms with Crippen molar-refractivity contribution in [2.75, 3.05) is 37.3 Å². The van der Waals surface area contributed by atoms with Crippen molar-refractivity contribution in [1.82, 2.24) is 24.6 Å². The number of fused-ring (bicyclic) bond motifs is 1. The molecule has 2 aliphatic heterocycles. The highest BCUT2D eigenvalue weighted by Crippen LogP contribution is 2.26. The predicted molar refractivity (Wildman–Crippen MR) is 151 cm³/mol. The van der Waals surface area contributed by atoms with Gasteiger partial charge < -0.3 is 15.0 Å². The molecule has 5 heterocycles. The third kappa shape index (κ3) is 7.14. The Bertz CT molecular complexity index is 1510. The maximum absolute atomic E-state index is 13.4. The van der Waals surface area contributed by atoms with E-state index in [4.69, 9.17) is 14.7 Å². The molecular formula is C28H34F2N6O4S. The minimum atomic E-state index is -3.67. The third-order valence-corrected chi connectivity index (χ3v) is 8.59. The molecule has 1 amide bonds. The summed E-state index contributed by atoms with van der Waals surface area (Å²) >= 11 is 0. The lowest BCUT2D eigenvalue weighted by Gasteiger charge is -2.36. The molecule has 0 spiro atoms. The number of rotatable bonds is 7. The summed E-state index contributed by atoms with van der Waals surface area (Å²) in [4.78, 5) is 29.0. The molecule has 3 aromatic rings. The number of sulfonamides is 1. The number of carbonyl (C=O) groups excluding carboxylic acids is 1. The Hall–Kier alpha value is -3.29. The predicted octanol–water partition coefficient (Wildman–Crippen LogP) is 2.88. The van der Waals surface area contributed by atoms with E-state index in [0.29, 0.717) is 22.6 Å². The van der Waals surface area contributed by atoms with Gasteiger partial charge in [0.1, 0.15) is 5.82 Å². The summed E-state index contributed by atoms with van der Waals surface area (Å²) in [5, 5.41) is 3.51. The first-order valence-corrected chi connectivity index (χ1v) is 15.5. The van der Waals surface area contributed by atoms with Crippen LogP contribution < -0.4 is 10.2 Å². The summed E-state index contributed by atoms with van der Waals surface area (Å²) in [7, 11) is -3.67. The van der Waals surface area contributed by atoms with Crippen molar-refractivity contribution in [3.63, 3.8) is 0 Å². The highest BCUT2D eigenvalue weighted by atomic mass is 32.2. The van der Waals surface area contributed by atoms with Crippen LogP contribution in [0.4, 0.5) is 14.6 Å². The standard InChI is InChI=1S/C28H34F2N6O4S/c1-17-13-35(14-18(2)40-17)26-6-4-5-23(34-26)24-8-7-19-12-31-21(10-25(19)33-24)11-27(37)32-22-9-20(28(29)30)15-36(16-22)41(3,38)39/h4-8,10,12,17-18,20,22,28H,9,11,13-16H2,1-3H3,(H,32,37)/t17-,18+,20-,22-/m1/s1. The van der Waals surface area contributed by atoms with Crippen molar-refractivity contribution in [1.29, 1.82) is 0 Å². The Morgan fingerprint density at radius 1 is 1.07 bits per heavy atom. The molecule has 0 radical (unpaired) electrons. The molecule has 1 N–H and O–H groups in total. The molecule has 3 aromatic heterocycles. The Kier molecular flexibility index (Phi) is 8.48. The SMILES string of the molecule is C[C@@H]1CN(c2cccc(-c3ccc4cnc(CC(=O)N[C@@H]5C[C@@H](C(F)F)CN(S(C)(=O)=O)C5)cc4n3)n2)C[C@H](C)O1. The monoisotopic (exact) mass is 588 g/mol. The molecule has 0 aliphatic carbocycles. The van der Waals surface area contributed by atoms with Gasteiger partial charge in [0.05, 0.1) is 47.5 Å². The van der Waals surface area contributed by atoms with Gasteiger partial charge >= 0.3 is 0 Å². The molecule has 10 nitrogen and oxygen atoms in total. The van der Waals surface area contributed by atoms with E-state index in [2.05, 4.69) is 15.2 Å². The van der Waals surface area contributed by atoms with Gasteiger partial charge in [0.15, 0.2) is 0 Å². The van der Waals surface area contributed by atoms with Crippen LogP contribution in [0.5, 0.6) is 0 Å². The highest BCUT2D eigenvalue weighted by molar-refractivity contribution is 7.88. The molecule has 0 bridgehead atoms. The fourth-order valence-corrected chi connectivity index (χ4v) is 6.41. The molecule has 2 saturated heterocycles. The van der Waals surface area contributed by atoms with Crippen LogP contribution in [-0.4, -0.2) is 90.7 Å². The number of nitrogens with one attached hydrogen (secondary N) is 1. The number of alkyl halides is 2. The molecule has 5 rings (SSSR count). The van der Waals surface area contributed by atoms with Gasteiger partial charge in [-0.05, 0) is 50.6 Å². The number of carbonyl (C=O) groups is 1. The summed E-state index contributed by atoms with van der Waals surface area (Å²) in [6, 6.07) is 10.6. The van der Waals surface area contributed by atoms with Crippen LogP contribution >= 0.6 is 0 Å². The molecule has 2 aliphatic rings. The number of amides is 1. The number of aromatic nitrogens is 3. The van der Waals surface area contributed by atoms with Crippen molar-refractivity contribution in [3.05, 3.63) is 48.3 Å². The van der Waals surface area contributed by atoms with E-state index >= 15 is 0 Å². The number of nitrogens with zero attached hydrogens (tertiary/aromatic N) is 5.